The molecule has 4 aliphatic heterocycles. The highest BCUT2D eigenvalue weighted by atomic mass is 19.1. The minimum absolute atomic E-state index is 0.150. The molecule has 28 heavy (non-hydrogen) atoms. The topological polar surface area (TPSA) is 33.5 Å². The molecular formula is C22H29FN4O. The van der Waals surface area contributed by atoms with E-state index >= 15 is 0 Å². The van der Waals surface area contributed by atoms with Gasteiger partial charge in [0.05, 0.1) is 18.6 Å². The van der Waals surface area contributed by atoms with Gasteiger partial charge in [-0.05, 0) is 49.5 Å². The molecule has 5 nitrogen and oxygen atoms in total. The van der Waals surface area contributed by atoms with Crippen molar-refractivity contribution in [2.75, 3.05) is 33.4 Å². The fourth-order valence-electron chi connectivity index (χ4n) is 5.80. The van der Waals surface area contributed by atoms with Crippen LogP contribution >= 0.6 is 0 Å². The van der Waals surface area contributed by atoms with Crippen molar-refractivity contribution in [3.8, 4) is 0 Å². The van der Waals surface area contributed by atoms with Gasteiger partial charge in [0.25, 0.3) is 0 Å². The highest BCUT2D eigenvalue weighted by molar-refractivity contribution is 5.27. The molecule has 0 radical (unpaired) electrons. The van der Waals surface area contributed by atoms with E-state index in [1.807, 2.05) is 24.7 Å². The minimum atomic E-state index is -0.150. The van der Waals surface area contributed by atoms with Crippen molar-refractivity contribution in [1.29, 1.82) is 0 Å². The number of rotatable bonds is 6. The third-order valence-electron chi connectivity index (χ3n) is 7.09. The first kappa shape index (κ1) is 18.3. The standard InChI is InChI=1S/C22H29FN4O/c1-28-11-10-26-15-24-12-19(26)13-27-14-20(16-2-4-18(23)5-3-16)22-21(27)17-6-8-25(22)9-7-17/h2-5,12,15,17,20-22H,6-11,13-14H2,1H3/t20-,21-,22-/m1/s1. The van der Waals surface area contributed by atoms with Gasteiger partial charge in [-0.3, -0.25) is 9.80 Å². The van der Waals surface area contributed by atoms with Crippen LogP contribution in [0.2, 0.25) is 0 Å². The van der Waals surface area contributed by atoms with Crippen LogP contribution in [0, 0.1) is 11.7 Å². The lowest BCUT2D eigenvalue weighted by atomic mass is 9.75. The van der Waals surface area contributed by atoms with E-state index in [-0.39, 0.29) is 5.82 Å². The molecule has 0 amide bonds. The van der Waals surface area contributed by atoms with E-state index in [1.165, 1.54) is 37.2 Å². The monoisotopic (exact) mass is 384 g/mol. The van der Waals surface area contributed by atoms with Crippen molar-refractivity contribution >= 4 is 0 Å². The largest absolute Gasteiger partial charge is 0.383 e. The Balaban J connectivity index is 1.42. The quantitative estimate of drug-likeness (QED) is 0.767. The first-order valence-corrected chi connectivity index (χ1v) is 10.5. The van der Waals surface area contributed by atoms with Crippen molar-refractivity contribution in [3.05, 3.63) is 53.9 Å². The summed E-state index contributed by atoms with van der Waals surface area (Å²) in [5.74, 6) is 1.07. The van der Waals surface area contributed by atoms with Crippen molar-refractivity contribution in [2.24, 2.45) is 5.92 Å². The third kappa shape index (κ3) is 3.17. The maximum Gasteiger partial charge on any atom is 0.123 e. The van der Waals surface area contributed by atoms with Gasteiger partial charge in [0.2, 0.25) is 0 Å². The lowest BCUT2D eigenvalue weighted by Crippen LogP contribution is -2.60. The maximum atomic E-state index is 13.5. The number of hydrogen-bond donors (Lipinski definition) is 0. The number of likely N-dealkylation sites (tertiary alicyclic amines) is 1. The van der Waals surface area contributed by atoms with E-state index in [9.17, 15) is 4.39 Å². The van der Waals surface area contributed by atoms with Crippen LogP contribution in [0.4, 0.5) is 4.39 Å². The molecule has 4 fully saturated rings. The van der Waals surface area contributed by atoms with Crippen LogP contribution < -0.4 is 0 Å². The van der Waals surface area contributed by atoms with Gasteiger partial charge >= 0.3 is 0 Å². The average Bonchev–Trinajstić information content (AvgIpc) is 3.34. The summed E-state index contributed by atoms with van der Waals surface area (Å²) in [5, 5.41) is 0. The molecule has 0 saturated carbocycles. The Morgan fingerprint density at radius 1 is 1.14 bits per heavy atom. The zero-order valence-electron chi connectivity index (χ0n) is 16.5. The van der Waals surface area contributed by atoms with Crippen molar-refractivity contribution in [1.82, 2.24) is 19.4 Å². The Morgan fingerprint density at radius 2 is 1.93 bits per heavy atom. The van der Waals surface area contributed by atoms with Gasteiger partial charge in [0.1, 0.15) is 5.82 Å². The molecule has 4 aliphatic rings. The van der Waals surface area contributed by atoms with Crippen molar-refractivity contribution in [3.63, 3.8) is 0 Å². The molecule has 2 bridgehead atoms. The van der Waals surface area contributed by atoms with Crippen molar-refractivity contribution < 1.29 is 9.13 Å². The van der Waals surface area contributed by atoms with Gasteiger partial charge in [-0.1, -0.05) is 12.1 Å². The second-order valence-corrected chi connectivity index (χ2v) is 8.51. The number of aromatic nitrogens is 2. The fourth-order valence-corrected chi connectivity index (χ4v) is 5.80. The number of ether oxygens (including phenoxy) is 1. The van der Waals surface area contributed by atoms with Crippen LogP contribution in [0.1, 0.15) is 30.0 Å². The molecular weight excluding hydrogens is 355 g/mol. The SMILES string of the molecule is COCCn1cncc1CN1C[C@H](c2ccc(F)cc2)[C@@H]2[C@H]1C1CCN2CC1. The highest BCUT2D eigenvalue weighted by Gasteiger charge is 2.53. The first-order chi connectivity index (χ1) is 13.7. The second kappa shape index (κ2) is 7.58. The van der Waals surface area contributed by atoms with Gasteiger partial charge in [0, 0.05) is 50.9 Å². The number of methoxy groups -OCH3 is 1. The zero-order chi connectivity index (χ0) is 19.1. The number of benzene rings is 1. The molecule has 0 N–H and O–H groups in total. The molecule has 5 heterocycles. The number of piperidine rings is 3. The third-order valence-corrected chi connectivity index (χ3v) is 7.09. The second-order valence-electron chi connectivity index (χ2n) is 8.51. The fraction of sp³-hybridized carbons (Fsp3) is 0.591. The normalized spacial score (nSPS) is 32.0. The van der Waals surface area contributed by atoms with Gasteiger partial charge in [0.15, 0.2) is 0 Å². The number of hydrogen-bond acceptors (Lipinski definition) is 4. The smallest absolute Gasteiger partial charge is 0.123 e. The summed E-state index contributed by atoms with van der Waals surface area (Å²) in [6.45, 7) is 5.91. The van der Waals surface area contributed by atoms with E-state index in [4.69, 9.17) is 4.74 Å². The molecule has 0 aliphatic carbocycles. The van der Waals surface area contributed by atoms with Gasteiger partial charge in [-0.15, -0.1) is 0 Å². The average molecular weight is 384 g/mol. The van der Waals surface area contributed by atoms with Gasteiger partial charge in [-0.2, -0.15) is 0 Å². The van der Waals surface area contributed by atoms with E-state index in [0.717, 1.165) is 25.6 Å². The predicted octanol–water partition coefficient (Wildman–Crippen LogP) is 2.73. The molecule has 150 valence electrons. The number of halogens is 1. The summed E-state index contributed by atoms with van der Waals surface area (Å²) in [5.41, 5.74) is 2.53. The Hall–Kier alpha value is -1.76. The molecule has 0 unspecified atom stereocenters. The highest BCUT2D eigenvalue weighted by Crippen LogP contribution is 2.46. The molecule has 3 atom stereocenters. The van der Waals surface area contributed by atoms with E-state index in [0.29, 0.717) is 24.6 Å². The van der Waals surface area contributed by atoms with Crippen molar-refractivity contribution in [2.45, 2.75) is 43.9 Å². The molecule has 6 heteroatoms. The summed E-state index contributed by atoms with van der Waals surface area (Å²) in [7, 11) is 1.74. The predicted molar refractivity (Wildman–Crippen MR) is 106 cm³/mol. The number of imidazole rings is 1. The molecule has 1 aromatic heterocycles. The Morgan fingerprint density at radius 3 is 2.68 bits per heavy atom. The van der Waals surface area contributed by atoms with E-state index < -0.39 is 0 Å². The minimum Gasteiger partial charge on any atom is -0.383 e. The van der Waals surface area contributed by atoms with E-state index in [2.05, 4.69) is 19.4 Å². The number of fused-ring (bicyclic) bond motifs is 2. The molecule has 6 rings (SSSR count). The zero-order valence-corrected chi connectivity index (χ0v) is 16.5. The van der Waals surface area contributed by atoms with Crippen LogP contribution in [0.15, 0.2) is 36.8 Å². The lowest BCUT2D eigenvalue weighted by Gasteiger charge is -2.51. The maximum absolute atomic E-state index is 13.5. The molecule has 4 saturated heterocycles. The summed E-state index contributed by atoms with van der Waals surface area (Å²) >= 11 is 0. The molecule has 1 aromatic carbocycles. The summed E-state index contributed by atoms with van der Waals surface area (Å²) in [4.78, 5) is 9.76. The Bertz CT molecular complexity index is 799. The van der Waals surface area contributed by atoms with Crippen LogP contribution in [0.3, 0.4) is 0 Å². The summed E-state index contributed by atoms with van der Waals surface area (Å²) in [6, 6.07) is 8.35. The van der Waals surface area contributed by atoms with Crippen LogP contribution in [-0.4, -0.2) is 64.8 Å². The lowest BCUT2D eigenvalue weighted by molar-refractivity contribution is -0.00927. The first-order valence-electron chi connectivity index (χ1n) is 10.5. The Kier molecular flexibility index (Phi) is 4.95. The van der Waals surface area contributed by atoms with Gasteiger partial charge in [-0.25, -0.2) is 9.37 Å². The number of nitrogens with zero attached hydrogens (tertiary/aromatic N) is 4. The molecule has 2 aromatic rings. The van der Waals surface area contributed by atoms with Crippen LogP contribution in [0.5, 0.6) is 0 Å². The van der Waals surface area contributed by atoms with Gasteiger partial charge < -0.3 is 9.30 Å². The summed E-state index contributed by atoms with van der Waals surface area (Å²) in [6.07, 6.45) is 6.51. The van der Waals surface area contributed by atoms with Crippen LogP contribution in [0.25, 0.3) is 0 Å². The van der Waals surface area contributed by atoms with E-state index in [1.54, 1.807) is 19.2 Å². The Labute approximate surface area is 166 Å². The molecule has 0 spiro atoms. The van der Waals surface area contributed by atoms with Crippen LogP contribution in [-0.2, 0) is 17.8 Å². The summed E-state index contributed by atoms with van der Waals surface area (Å²) < 4.78 is 21.0.